The number of hydrogen-bond acceptors (Lipinski definition) is 8. The predicted molar refractivity (Wildman–Crippen MR) is 122 cm³/mol. The molecule has 0 aliphatic carbocycles. The molecule has 2 aromatic carbocycles. The molecule has 0 aliphatic heterocycles. The molecule has 0 radical (unpaired) electrons. The van der Waals surface area contributed by atoms with Gasteiger partial charge < -0.3 is 14.2 Å². The molecule has 1 heterocycles. The van der Waals surface area contributed by atoms with E-state index in [0.717, 1.165) is 0 Å². The number of hydrogen-bond donors (Lipinski definition) is 1. The smallest absolute Gasteiger partial charge is 0.311 e. The van der Waals surface area contributed by atoms with Crippen LogP contribution in [0, 0.1) is 14.9 Å². The molecule has 0 spiro atoms. The predicted octanol–water partition coefficient (Wildman–Crippen LogP) is 4.59. The second kappa shape index (κ2) is 10.5. The zero-order chi connectivity index (χ0) is 23.1. The second-order valence-electron chi connectivity index (χ2n) is 6.32. The molecule has 0 aliphatic rings. The minimum Gasteiger partial charge on any atom is -0.493 e. The maximum atomic E-state index is 11.5. The van der Waals surface area contributed by atoms with Gasteiger partial charge in [0.2, 0.25) is 10.5 Å². The van der Waals surface area contributed by atoms with Gasteiger partial charge in [-0.2, -0.15) is 14.9 Å². The highest BCUT2D eigenvalue weighted by Crippen LogP contribution is 2.34. The minimum absolute atomic E-state index is 0.129. The van der Waals surface area contributed by atoms with Gasteiger partial charge in [-0.05, 0) is 45.1 Å². The summed E-state index contributed by atoms with van der Waals surface area (Å²) in [5, 5.41) is 23.0. The van der Waals surface area contributed by atoms with E-state index in [2.05, 4.69) is 15.3 Å². The lowest BCUT2D eigenvalue weighted by Gasteiger charge is -2.11. The SMILES string of the molecule is CCOc1cc(OCC)c([N+](=O)[O-])cc1/C=N\n1c(-c2ccccc2OCC)n[nH]c1=S. The first kappa shape index (κ1) is 22.9. The molecular weight excluding hydrogens is 434 g/mol. The van der Waals surface area contributed by atoms with Crippen LogP contribution in [-0.2, 0) is 0 Å². The average Bonchev–Trinajstić information content (AvgIpc) is 3.14. The van der Waals surface area contributed by atoms with Crippen LogP contribution in [-0.4, -0.2) is 45.8 Å². The fourth-order valence-electron chi connectivity index (χ4n) is 2.99. The summed E-state index contributed by atoms with van der Waals surface area (Å²) < 4.78 is 18.4. The molecule has 3 aromatic rings. The van der Waals surface area contributed by atoms with Gasteiger partial charge in [-0.1, -0.05) is 12.1 Å². The van der Waals surface area contributed by atoms with E-state index in [4.69, 9.17) is 26.4 Å². The third kappa shape index (κ3) is 4.94. The van der Waals surface area contributed by atoms with Crippen LogP contribution in [0.5, 0.6) is 17.2 Å². The number of nitrogens with one attached hydrogen (secondary N) is 1. The first-order chi connectivity index (χ1) is 15.5. The summed E-state index contributed by atoms with van der Waals surface area (Å²) in [6, 6.07) is 10.2. The fraction of sp³-hybridized carbons (Fsp3) is 0.286. The Morgan fingerprint density at radius 2 is 1.75 bits per heavy atom. The van der Waals surface area contributed by atoms with Crippen LogP contribution < -0.4 is 14.2 Å². The molecule has 0 saturated heterocycles. The number of para-hydroxylation sites is 1. The molecule has 0 bridgehead atoms. The van der Waals surface area contributed by atoms with Gasteiger partial charge >= 0.3 is 5.69 Å². The van der Waals surface area contributed by atoms with Gasteiger partial charge in [0.25, 0.3) is 0 Å². The van der Waals surface area contributed by atoms with E-state index in [9.17, 15) is 10.1 Å². The monoisotopic (exact) mass is 457 g/mol. The lowest BCUT2D eigenvalue weighted by atomic mass is 10.1. The van der Waals surface area contributed by atoms with E-state index < -0.39 is 4.92 Å². The number of nitro groups is 1. The van der Waals surface area contributed by atoms with E-state index >= 15 is 0 Å². The van der Waals surface area contributed by atoms with Crippen molar-refractivity contribution in [1.82, 2.24) is 14.9 Å². The molecule has 10 nitrogen and oxygen atoms in total. The summed E-state index contributed by atoms with van der Waals surface area (Å²) in [5.74, 6) is 1.60. The van der Waals surface area contributed by atoms with Crippen LogP contribution in [0.15, 0.2) is 41.5 Å². The normalized spacial score (nSPS) is 11.0. The Hall–Kier alpha value is -3.73. The minimum atomic E-state index is -0.509. The molecule has 0 atom stereocenters. The molecule has 1 aromatic heterocycles. The van der Waals surface area contributed by atoms with Gasteiger partial charge in [0, 0.05) is 17.7 Å². The summed E-state index contributed by atoms with van der Waals surface area (Å²) >= 11 is 5.33. The molecule has 32 heavy (non-hydrogen) atoms. The Bertz CT molecular complexity index is 1190. The molecule has 3 rings (SSSR count). The zero-order valence-corrected chi connectivity index (χ0v) is 18.7. The number of rotatable bonds is 10. The summed E-state index contributed by atoms with van der Waals surface area (Å²) in [4.78, 5) is 11.0. The van der Waals surface area contributed by atoms with Crippen LogP contribution in [0.1, 0.15) is 26.3 Å². The van der Waals surface area contributed by atoms with Crippen molar-refractivity contribution in [2.75, 3.05) is 19.8 Å². The number of benzene rings is 2. The molecule has 0 fully saturated rings. The lowest BCUT2D eigenvalue weighted by Crippen LogP contribution is -2.03. The van der Waals surface area contributed by atoms with Gasteiger partial charge in [-0.25, -0.2) is 5.10 Å². The third-order valence-electron chi connectivity index (χ3n) is 4.28. The van der Waals surface area contributed by atoms with Crippen molar-refractivity contribution in [2.45, 2.75) is 20.8 Å². The van der Waals surface area contributed by atoms with Crippen molar-refractivity contribution in [3.8, 4) is 28.6 Å². The van der Waals surface area contributed by atoms with Crippen molar-refractivity contribution in [1.29, 1.82) is 0 Å². The highest BCUT2D eigenvalue weighted by atomic mass is 32.1. The highest BCUT2D eigenvalue weighted by molar-refractivity contribution is 7.71. The second-order valence-corrected chi connectivity index (χ2v) is 6.71. The maximum Gasteiger partial charge on any atom is 0.311 e. The standard InChI is InChI=1S/C21H23N5O5S/c1-4-29-17-10-8-7-9-15(17)20-23-24-21(32)25(20)22-13-14-11-16(26(27)28)19(31-6-3)12-18(14)30-5-2/h7-13H,4-6H2,1-3H3,(H,24,32)/b22-13-. The van der Waals surface area contributed by atoms with E-state index in [1.807, 2.05) is 38.1 Å². The zero-order valence-electron chi connectivity index (χ0n) is 17.9. The quantitative estimate of drug-likeness (QED) is 0.205. The first-order valence-corrected chi connectivity index (χ1v) is 10.4. The largest absolute Gasteiger partial charge is 0.493 e. The first-order valence-electron chi connectivity index (χ1n) is 10.0. The van der Waals surface area contributed by atoms with Crippen molar-refractivity contribution < 1.29 is 19.1 Å². The van der Waals surface area contributed by atoms with Crippen LogP contribution in [0.4, 0.5) is 5.69 Å². The summed E-state index contributed by atoms with van der Waals surface area (Å²) in [5.41, 5.74) is 0.908. The van der Waals surface area contributed by atoms with E-state index in [1.54, 1.807) is 6.92 Å². The average molecular weight is 458 g/mol. The Labute approximate surface area is 189 Å². The summed E-state index contributed by atoms with van der Waals surface area (Å²) in [6.07, 6.45) is 1.44. The fourth-order valence-corrected chi connectivity index (χ4v) is 3.17. The van der Waals surface area contributed by atoms with Gasteiger partial charge in [0.15, 0.2) is 5.82 Å². The summed E-state index contributed by atoms with van der Waals surface area (Å²) in [7, 11) is 0. The molecule has 0 saturated carbocycles. The number of aromatic amines is 1. The molecule has 1 N–H and O–H groups in total. The Balaban J connectivity index is 2.09. The number of H-pyrrole nitrogens is 1. The van der Waals surface area contributed by atoms with Gasteiger partial charge in [0.1, 0.15) is 11.5 Å². The van der Waals surface area contributed by atoms with Crippen LogP contribution >= 0.6 is 12.2 Å². The number of nitrogens with zero attached hydrogens (tertiary/aromatic N) is 4. The van der Waals surface area contributed by atoms with Gasteiger partial charge in [-0.15, -0.1) is 0 Å². The Morgan fingerprint density at radius 1 is 1.09 bits per heavy atom. The number of aromatic nitrogens is 3. The number of nitro benzene ring substituents is 1. The van der Waals surface area contributed by atoms with Crippen molar-refractivity contribution in [3.63, 3.8) is 0 Å². The van der Waals surface area contributed by atoms with E-state index in [-0.39, 0.29) is 22.8 Å². The molecule has 0 amide bonds. The van der Waals surface area contributed by atoms with Crippen molar-refractivity contribution >= 4 is 24.1 Å². The van der Waals surface area contributed by atoms with Gasteiger partial charge in [0.05, 0.1) is 36.5 Å². The molecular formula is C21H23N5O5S. The van der Waals surface area contributed by atoms with Crippen LogP contribution in [0.25, 0.3) is 11.4 Å². The molecule has 11 heteroatoms. The Kier molecular flexibility index (Phi) is 7.55. The number of ether oxygens (including phenoxy) is 3. The molecule has 0 unspecified atom stereocenters. The van der Waals surface area contributed by atoms with Crippen LogP contribution in [0.2, 0.25) is 0 Å². The van der Waals surface area contributed by atoms with Crippen molar-refractivity contribution in [2.24, 2.45) is 5.10 Å². The lowest BCUT2D eigenvalue weighted by molar-refractivity contribution is -0.385. The van der Waals surface area contributed by atoms with Crippen LogP contribution in [0.3, 0.4) is 0 Å². The Morgan fingerprint density at radius 3 is 2.44 bits per heavy atom. The topological polar surface area (TPSA) is 117 Å². The van der Waals surface area contributed by atoms with Gasteiger partial charge in [-0.3, -0.25) is 10.1 Å². The third-order valence-corrected chi connectivity index (χ3v) is 4.54. The van der Waals surface area contributed by atoms with Crippen molar-refractivity contribution in [3.05, 3.63) is 56.8 Å². The van der Waals surface area contributed by atoms with E-state index in [1.165, 1.54) is 23.0 Å². The highest BCUT2D eigenvalue weighted by Gasteiger charge is 2.20. The molecule has 168 valence electrons. The summed E-state index contributed by atoms with van der Waals surface area (Å²) in [6.45, 7) is 6.59. The maximum absolute atomic E-state index is 11.5. The van der Waals surface area contributed by atoms with E-state index in [0.29, 0.717) is 41.7 Å².